The van der Waals surface area contributed by atoms with Gasteiger partial charge in [0.15, 0.2) is 0 Å². The molecule has 3 atom stereocenters. The summed E-state index contributed by atoms with van der Waals surface area (Å²) in [5, 5.41) is 4.75. The second kappa shape index (κ2) is 6.10. The molecule has 112 valence electrons. The van der Waals surface area contributed by atoms with Gasteiger partial charge in [0.1, 0.15) is 0 Å². The van der Waals surface area contributed by atoms with Crippen molar-refractivity contribution in [2.75, 3.05) is 26.2 Å². The number of thiazole rings is 1. The van der Waals surface area contributed by atoms with E-state index in [4.69, 9.17) is 4.74 Å². The molecule has 0 saturated carbocycles. The molecule has 3 rings (SSSR count). The lowest BCUT2D eigenvalue weighted by atomic mass is 10.1. The molecule has 5 heteroatoms. The van der Waals surface area contributed by atoms with Crippen LogP contribution in [0.2, 0.25) is 0 Å². The van der Waals surface area contributed by atoms with Gasteiger partial charge in [-0.05, 0) is 40.2 Å². The van der Waals surface area contributed by atoms with Gasteiger partial charge in [-0.2, -0.15) is 0 Å². The van der Waals surface area contributed by atoms with Gasteiger partial charge < -0.3 is 10.1 Å². The predicted molar refractivity (Wildman–Crippen MR) is 82.3 cm³/mol. The first-order valence-corrected chi connectivity index (χ1v) is 8.48. The zero-order chi connectivity index (χ0) is 14.1. The van der Waals surface area contributed by atoms with Gasteiger partial charge >= 0.3 is 0 Å². The number of aryl methyl sites for hydroxylation is 2. The molecule has 0 bridgehead atoms. The van der Waals surface area contributed by atoms with Gasteiger partial charge in [0, 0.05) is 30.1 Å². The van der Waals surface area contributed by atoms with Gasteiger partial charge in [-0.1, -0.05) is 0 Å². The molecule has 4 nitrogen and oxygen atoms in total. The van der Waals surface area contributed by atoms with E-state index in [1.165, 1.54) is 30.0 Å². The second-order valence-corrected chi connectivity index (χ2v) is 7.46. The lowest BCUT2D eigenvalue weighted by Gasteiger charge is -2.35. The first-order valence-electron chi connectivity index (χ1n) is 7.66. The van der Waals surface area contributed by atoms with Gasteiger partial charge in [0.05, 0.1) is 23.4 Å². The SMILES string of the molecule is Cc1nc(C(C)NCC2CN3CCCC3CO2)c(C)s1. The Hall–Kier alpha value is -0.490. The van der Waals surface area contributed by atoms with Crippen LogP contribution in [0, 0.1) is 13.8 Å². The first kappa shape index (κ1) is 14.4. The van der Waals surface area contributed by atoms with E-state index in [1.807, 2.05) is 0 Å². The highest BCUT2D eigenvalue weighted by Gasteiger charge is 2.32. The Labute approximate surface area is 125 Å². The fraction of sp³-hybridized carbons (Fsp3) is 0.800. The molecule has 1 N–H and O–H groups in total. The Bertz CT molecular complexity index is 462. The molecule has 2 aliphatic heterocycles. The number of ether oxygens (including phenoxy) is 1. The molecular weight excluding hydrogens is 270 g/mol. The normalized spacial score (nSPS) is 28.6. The third-order valence-electron chi connectivity index (χ3n) is 4.46. The number of morpholine rings is 1. The molecule has 3 heterocycles. The van der Waals surface area contributed by atoms with Crippen LogP contribution in [0.5, 0.6) is 0 Å². The van der Waals surface area contributed by atoms with Gasteiger partial charge in [-0.15, -0.1) is 11.3 Å². The quantitative estimate of drug-likeness (QED) is 0.925. The van der Waals surface area contributed by atoms with Gasteiger partial charge in [-0.25, -0.2) is 4.98 Å². The van der Waals surface area contributed by atoms with E-state index in [2.05, 4.69) is 36.0 Å². The second-order valence-electron chi connectivity index (χ2n) is 6.05. The predicted octanol–water partition coefficient (Wildman–Crippen LogP) is 2.27. The standard InChI is InChI=1S/C15H25N3OS/c1-10(15-11(2)20-12(3)17-15)16-7-14-8-18-6-4-5-13(18)9-19-14/h10,13-14,16H,4-9H2,1-3H3. The Balaban J connectivity index is 1.50. The van der Waals surface area contributed by atoms with E-state index < -0.39 is 0 Å². The van der Waals surface area contributed by atoms with E-state index in [0.717, 1.165) is 24.7 Å². The number of rotatable bonds is 4. The number of fused-ring (bicyclic) bond motifs is 1. The number of hydrogen-bond donors (Lipinski definition) is 1. The van der Waals surface area contributed by atoms with Gasteiger partial charge in [0.25, 0.3) is 0 Å². The third kappa shape index (κ3) is 3.06. The minimum absolute atomic E-state index is 0.305. The highest BCUT2D eigenvalue weighted by molar-refractivity contribution is 7.11. The summed E-state index contributed by atoms with van der Waals surface area (Å²) in [6, 6.07) is 0.993. The first-order chi connectivity index (χ1) is 9.63. The highest BCUT2D eigenvalue weighted by atomic mass is 32.1. The van der Waals surface area contributed by atoms with Crippen molar-refractivity contribution in [1.29, 1.82) is 0 Å². The molecule has 0 spiro atoms. The maximum Gasteiger partial charge on any atom is 0.0900 e. The van der Waals surface area contributed by atoms with E-state index >= 15 is 0 Å². The molecule has 0 aromatic carbocycles. The summed E-state index contributed by atoms with van der Waals surface area (Å²) in [7, 11) is 0. The van der Waals surface area contributed by atoms with E-state index in [9.17, 15) is 0 Å². The van der Waals surface area contributed by atoms with Crippen LogP contribution in [0.3, 0.4) is 0 Å². The average molecular weight is 295 g/mol. The summed E-state index contributed by atoms with van der Waals surface area (Å²) < 4.78 is 5.99. The molecule has 1 aromatic heterocycles. The fourth-order valence-electron chi connectivity index (χ4n) is 3.36. The maximum atomic E-state index is 5.99. The average Bonchev–Trinajstić information content (AvgIpc) is 3.01. The number of aromatic nitrogens is 1. The highest BCUT2D eigenvalue weighted by Crippen LogP contribution is 2.24. The zero-order valence-corrected chi connectivity index (χ0v) is 13.5. The third-order valence-corrected chi connectivity index (χ3v) is 5.36. The topological polar surface area (TPSA) is 37.4 Å². The molecule has 0 aliphatic carbocycles. The van der Waals surface area contributed by atoms with Crippen molar-refractivity contribution >= 4 is 11.3 Å². The van der Waals surface area contributed by atoms with Gasteiger partial charge in [-0.3, -0.25) is 4.90 Å². The van der Waals surface area contributed by atoms with Crippen LogP contribution in [0.25, 0.3) is 0 Å². The maximum absolute atomic E-state index is 5.99. The van der Waals surface area contributed by atoms with E-state index in [-0.39, 0.29) is 0 Å². The van der Waals surface area contributed by atoms with Crippen molar-refractivity contribution in [3.63, 3.8) is 0 Å². The Kier molecular flexibility index (Phi) is 4.40. The Morgan fingerprint density at radius 2 is 2.35 bits per heavy atom. The molecule has 0 amide bonds. The summed E-state index contributed by atoms with van der Waals surface area (Å²) in [5.74, 6) is 0. The van der Waals surface area contributed by atoms with Crippen LogP contribution in [-0.2, 0) is 4.74 Å². The van der Waals surface area contributed by atoms with Crippen LogP contribution in [0.4, 0.5) is 0 Å². The molecule has 2 saturated heterocycles. The van der Waals surface area contributed by atoms with Crippen LogP contribution in [-0.4, -0.2) is 48.3 Å². The molecule has 2 fully saturated rings. The number of hydrogen-bond acceptors (Lipinski definition) is 5. The van der Waals surface area contributed by atoms with Gasteiger partial charge in [0.2, 0.25) is 0 Å². The van der Waals surface area contributed by atoms with Crippen molar-refractivity contribution in [2.45, 2.75) is 51.8 Å². The molecule has 0 radical (unpaired) electrons. The molecule has 2 aliphatic rings. The Morgan fingerprint density at radius 3 is 3.10 bits per heavy atom. The smallest absolute Gasteiger partial charge is 0.0900 e. The summed E-state index contributed by atoms with van der Waals surface area (Å²) in [6.07, 6.45) is 2.97. The van der Waals surface area contributed by atoms with Crippen LogP contribution < -0.4 is 5.32 Å². The minimum Gasteiger partial charge on any atom is -0.374 e. The lowest BCUT2D eigenvalue weighted by Crippen LogP contribution is -2.49. The number of nitrogens with zero attached hydrogens (tertiary/aromatic N) is 2. The van der Waals surface area contributed by atoms with Crippen molar-refractivity contribution < 1.29 is 4.74 Å². The molecule has 20 heavy (non-hydrogen) atoms. The van der Waals surface area contributed by atoms with Crippen molar-refractivity contribution in [2.24, 2.45) is 0 Å². The van der Waals surface area contributed by atoms with E-state index in [1.54, 1.807) is 11.3 Å². The molecule has 3 unspecified atom stereocenters. The lowest BCUT2D eigenvalue weighted by molar-refractivity contribution is -0.0477. The zero-order valence-electron chi connectivity index (χ0n) is 12.7. The van der Waals surface area contributed by atoms with E-state index in [0.29, 0.717) is 18.2 Å². The Morgan fingerprint density at radius 1 is 1.50 bits per heavy atom. The summed E-state index contributed by atoms with van der Waals surface area (Å²) in [4.78, 5) is 8.55. The monoisotopic (exact) mass is 295 g/mol. The number of nitrogens with one attached hydrogen (secondary N) is 1. The summed E-state index contributed by atoms with van der Waals surface area (Å²) >= 11 is 1.78. The largest absolute Gasteiger partial charge is 0.374 e. The summed E-state index contributed by atoms with van der Waals surface area (Å²) in [5.41, 5.74) is 1.20. The van der Waals surface area contributed by atoms with Crippen molar-refractivity contribution in [1.82, 2.24) is 15.2 Å². The molecular formula is C15H25N3OS. The molecule has 1 aromatic rings. The van der Waals surface area contributed by atoms with Crippen LogP contribution in [0.15, 0.2) is 0 Å². The fourth-order valence-corrected chi connectivity index (χ4v) is 4.27. The minimum atomic E-state index is 0.305. The van der Waals surface area contributed by atoms with Crippen LogP contribution >= 0.6 is 11.3 Å². The van der Waals surface area contributed by atoms with Crippen LogP contribution in [0.1, 0.15) is 41.4 Å². The summed E-state index contributed by atoms with van der Waals surface area (Å²) in [6.45, 7) is 10.6. The van der Waals surface area contributed by atoms with Crippen molar-refractivity contribution in [3.05, 3.63) is 15.6 Å². The van der Waals surface area contributed by atoms with Crippen molar-refractivity contribution in [3.8, 4) is 0 Å².